The van der Waals surface area contributed by atoms with Crippen molar-refractivity contribution in [2.45, 2.75) is 37.4 Å². The van der Waals surface area contributed by atoms with Gasteiger partial charge in [-0.1, -0.05) is 18.2 Å². The second kappa shape index (κ2) is 6.82. The molecule has 0 bridgehead atoms. The molecular formula is C21H21F4NO. The predicted octanol–water partition coefficient (Wildman–Crippen LogP) is 4.81. The smallest absolute Gasteiger partial charge is 0.416 e. The third-order valence-electron chi connectivity index (χ3n) is 5.78. The maximum Gasteiger partial charge on any atom is 0.416 e. The molecule has 0 N–H and O–H groups in total. The molecule has 1 aliphatic heterocycles. The van der Waals surface area contributed by atoms with Gasteiger partial charge in [0.15, 0.2) is 11.6 Å². The van der Waals surface area contributed by atoms with Crippen LogP contribution in [0.3, 0.4) is 0 Å². The lowest BCUT2D eigenvalue weighted by Crippen LogP contribution is -2.47. The van der Waals surface area contributed by atoms with Gasteiger partial charge < -0.3 is 4.74 Å². The van der Waals surface area contributed by atoms with E-state index in [4.69, 9.17) is 4.74 Å². The number of benzene rings is 2. The predicted molar refractivity (Wildman–Crippen MR) is 94.5 cm³/mol. The molecule has 2 nitrogen and oxygen atoms in total. The third kappa shape index (κ3) is 3.43. The largest absolute Gasteiger partial charge is 0.494 e. The Morgan fingerprint density at radius 2 is 1.93 bits per heavy atom. The first-order valence-corrected chi connectivity index (χ1v) is 9.13. The van der Waals surface area contributed by atoms with E-state index in [0.29, 0.717) is 12.0 Å². The summed E-state index contributed by atoms with van der Waals surface area (Å²) in [6.07, 6.45) is -2.01. The number of halogens is 4. The summed E-state index contributed by atoms with van der Waals surface area (Å²) in [5.74, 6) is -0.177. The van der Waals surface area contributed by atoms with Gasteiger partial charge in [0.2, 0.25) is 0 Å². The van der Waals surface area contributed by atoms with Gasteiger partial charge >= 0.3 is 6.18 Å². The lowest BCUT2D eigenvalue weighted by molar-refractivity contribution is -0.137. The molecule has 2 unspecified atom stereocenters. The Morgan fingerprint density at radius 1 is 1.15 bits per heavy atom. The van der Waals surface area contributed by atoms with Crippen molar-refractivity contribution in [3.8, 4) is 5.75 Å². The van der Waals surface area contributed by atoms with Gasteiger partial charge in [-0.2, -0.15) is 13.2 Å². The molecule has 2 aromatic rings. The monoisotopic (exact) mass is 379 g/mol. The molecule has 2 aromatic carbocycles. The van der Waals surface area contributed by atoms with Gasteiger partial charge in [0.1, 0.15) is 0 Å². The van der Waals surface area contributed by atoms with E-state index >= 15 is 0 Å². The van der Waals surface area contributed by atoms with E-state index in [0.717, 1.165) is 43.1 Å². The van der Waals surface area contributed by atoms with Crippen LogP contribution in [0.25, 0.3) is 0 Å². The molecule has 0 radical (unpaired) electrons. The van der Waals surface area contributed by atoms with Gasteiger partial charge in [0.25, 0.3) is 0 Å². The van der Waals surface area contributed by atoms with Crippen molar-refractivity contribution in [3.63, 3.8) is 0 Å². The van der Waals surface area contributed by atoms with Crippen molar-refractivity contribution in [1.82, 2.24) is 4.90 Å². The van der Waals surface area contributed by atoms with Gasteiger partial charge in [-0.3, -0.25) is 4.90 Å². The van der Waals surface area contributed by atoms with Crippen LogP contribution in [-0.2, 0) is 19.0 Å². The first kappa shape index (κ1) is 18.3. The lowest BCUT2D eigenvalue weighted by Gasteiger charge is -2.39. The molecule has 1 aliphatic carbocycles. The second-order valence-corrected chi connectivity index (χ2v) is 7.36. The summed E-state index contributed by atoms with van der Waals surface area (Å²) < 4.78 is 58.5. The fourth-order valence-corrected chi connectivity index (χ4v) is 4.29. The Hall–Kier alpha value is -2.08. The minimum Gasteiger partial charge on any atom is -0.494 e. The number of methoxy groups -OCH3 is 1. The molecule has 1 heterocycles. The number of ether oxygens (including phenoxy) is 1. The number of fused-ring (bicyclic) bond motifs is 1. The van der Waals surface area contributed by atoms with Gasteiger partial charge in [-0.05, 0) is 67.2 Å². The summed E-state index contributed by atoms with van der Waals surface area (Å²) in [6, 6.07) is 8.95. The van der Waals surface area contributed by atoms with Crippen molar-refractivity contribution in [1.29, 1.82) is 0 Å². The van der Waals surface area contributed by atoms with E-state index in [1.165, 1.54) is 25.3 Å². The number of likely N-dealkylation sites (tertiary alicyclic amines) is 1. The normalized spacial score (nSPS) is 22.4. The van der Waals surface area contributed by atoms with Crippen LogP contribution >= 0.6 is 0 Å². The summed E-state index contributed by atoms with van der Waals surface area (Å²) in [5.41, 5.74) is 1.94. The minimum absolute atomic E-state index is 0.0262. The molecule has 27 heavy (non-hydrogen) atoms. The van der Waals surface area contributed by atoms with Crippen LogP contribution in [0, 0.1) is 5.82 Å². The van der Waals surface area contributed by atoms with Crippen molar-refractivity contribution in [2.24, 2.45) is 0 Å². The number of nitrogens with zero attached hydrogens (tertiary/aromatic N) is 1. The summed E-state index contributed by atoms with van der Waals surface area (Å²) in [6.45, 7) is 1.97. The van der Waals surface area contributed by atoms with Crippen LogP contribution in [0.5, 0.6) is 5.75 Å². The van der Waals surface area contributed by atoms with Gasteiger partial charge in [-0.25, -0.2) is 4.39 Å². The Labute approximate surface area is 155 Å². The van der Waals surface area contributed by atoms with E-state index in [-0.39, 0.29) is 17.7 Å². The topological polar surface area (TPSA) is 12.5 Å². The molecule has 2 aliphatic rings. The van der Waals surface area contributed by atoms with E-state index in [1.54, 1.807) is 12.1 Å². The van der Waals surface area contributed by atoms with Gasteiger partial charge in [0.05, 0.1) is 12.7 Å². The summed E-state index contributed by atoms with van der Waals surface area (Å²) >= 11 is 0. The van der Waals surface area contributed by atoms with Crippen LogP contribution < -0.4 is 4.74 Å². The summed E-state index contributed by atoms with van der Waals surface area (Å²) in [4.78, 5) is 2.35. The SMILES string of the molecule is COc1cc2c(cc1F)CC(N1CCC1)C2Cc1cccc(C(F)(F)F)c1. The first-order chi connectivity index (χ1) is 12.9. The third-order valence-corrected chi connectivity index (χ3v) is 5.78. The minimum atomic E-state index is -4.35. The van der Waals surface area contributed by atoms with E-state index in [2.05, 4.69) is 4.90 Å². The maximum atomic E-state index is 14.1. The van der Waals surface area contributed by atoms with Crippen LogP contribution in [0.1, 0.15) is 34.6 Å². The molecule has 2 atom stereocenters. The quantitative estimate of drug-likeness (QED) is 0.707. The Morgan fingerprint density at radius 3 is 2.56 bits per heavy atom. The van der Waals surface area contributed by atoms with Crippen LogP contribution in [-0.4, -0.2) is 31.1 Å². The van der Waals surface area contributed by atoms with Crippen molar-refractivity contribution in [2.75, 3.05) is 20.2 Å². The molecule has 0 saturated carbocycles. The van der Waals surface area contributed by atoms with Gasteiger partial charge in [0, 0.05) is 12.0 Å². The number of hydrogen-bond donors (Lipinski definition) is 0. The second-order valence-electron chi connectivity index (χ2n) is 7.36. The van der Waals surface area contributed by atoms with Crippen LogP contribution in [0.2, 0.25) is 0 Å². The van der Waals surface area contributed by atoms with E-state index < -0.39 is 17.6 Å². The Kier molecular flexibility index (Phi) is 4.62. The standard InChI is InChI=1S/C21H21F4NO/c1-27-20-12-16-14(10-18(20)22)11-19(26-6-3-7-26)17(16)9-13-4-2-5-15(8-13)21(23,24)25/h2,4-5,8,10,12,17,19H,3,6-7,9,11H2,1H3. The molecule has 6 heteroatoms. The average Bonchev–Trinajstić information content (AvgIpc) is 2.89. The van der Waals surface area contributed by atoms with Crippen molar-refractivity contribution >= 4 is 0 Å². The zero-order chi connectivity index (χ0) is 19.2. The average molecular weight is 379 g/mol. The molecular weight excluding hydrogens is 358 g/mol. The van der Waals surface area contributed by atoms with Crippen molar-refractivity contribution in [3.05, 3.63) is 64.5 Å². The maximum absolute atomic E-state index is 14.1. The zero-order valence-electron chi connectivity index (χ0n) is 15.0. The molecule has 4 rings (SSSR count). The highest BCUT2D eigenvalue weighted by molar-refractivity contribution is 5.45. The molecule has 1 fully saturated rings. The first-order valence-electron chi connectivity index (χ1n) is 9.13. The van der Waals surface area contributed by atoms with E-state index in [9.17, 15) is 17.6 Å². The Bertz CT molecular complexity index is 845. The molecule has 0 amide bonds. The molecule has 1 saturated heterocycles. The van der Waals surface area contributed by atoms with Gasteiger partial charge in [-0.15, -0.1) is 0 Å². The highest BCUT2D eigenvalue weighted by Crippen LogP contribution is 2.42. The summed E-state index contributed by atoms with van der Waals surface area (Å²) in [7, 11) is 1.43. The fourth-order valence-electron chi connectivity index (χ4n) is 4.29. The van der Waals surface area contributed by atoms with Crippen molar-refractivity contribution < 1.29 is 22.3 Å². The molecule has 144 valence electrons. The Balaban J connectivity index is 1.69. The molecule has 0 spiro atoms. The lowest BCUT2D eigenvalue weighted by atomic mass is 9.88. The highest BCUT2D eigenvalue weighted by atomic mass is 19.4. The summed E-state index contributed by atoms with van der Waals surface area (Å²) in [5, 5.41) is 0. The number of rotatable bonds is 4. The number of hydrogen-bond acceptors (Lipinski definition) is 2. The van der Waals surface area contributed by atoms with Crippen LogP contribution in [0.15, 0.2) is 36.4 Å². The molecule has 0 aromatic heterocycles. The zero-order valence-corrected chi connectivity index (χ0v) is 15.0. The van der Waals surface area contributed by atoms with E-state index in [1.807, 2.05) is 0 Å². The fraction of sp³-hybridized carbons (Fsp3) is 0.429. The number of alkyl halides is 3. The highest BCUT2D eigenvalue weighted by Gasteiger charge is 2.39. The van der Waals surface area contributed by atoms with Crippen LogP contribution in [0.4, 0.5) is 17.6 Å².